The number of halogens is 1. The molecular formula is C18H20FN3O2. The number of para-hydroxylation sites is 1. The molecule has 3 rings (SSSR count). The first kappa shape index (κ1) is 16.4. The number of ether oxygens (including phenoxy) is 1. The Morgan fingerprint density at radius 1 is 1.33 bits per heavy atom. The lowest BCUT2D eigenvalue weighted by molar-refractivity contribution is 0.0729. The van der Waals surface area contributed by atoms with Crippen LogP contribution in [0.1, 0.15) is 16.8 Å². The lowest BCUT2D eigenvalue weighted by Gasteiger charge is -2.24. The number of benzene rings is 1. The predicted molar refractivity (Wildman–Crippen MR) is 89.0 cm³/mol. The minimum Gasteiger partial charge on any atom is -0.439 e. The number of nitrogens with zero attached hydrogens (tertiary/aromatic N) is 2. The summed E-state index contributed by atoms with van der Waals surface area (Å²) in [4.78, 5) is 18.4. The number of nitrogens with one attached hydrogen (secondary N) is 1. The van der Waals surface area contributed by atoms with Gasteiger partial charge in [0.2, 0.25) is 5.88 Å². The van der Waals surface area contributed by atoms with E-state index < -0.39 is 6.17 Å². The maximum Gasteiger partial charge on any atom is 0.255 e. The molecule has 1 aromatic heterocycles. The second-order valence-electron chi connectivity index (χ2n) is 5.80. The summed E-state index contributed by atoms with van der Waals surface area (Å²) < 4.78 is 19.3. The van der Waals surface area contributed by atoms with E-state index in [4.69, 9.17) is 4.74 Å². The smallest absolute Gasteiger partial charge is 0.255 e. The Hall–Kier alpha value is -2.47. The molecule has 0 saturated carbocycles. The van der Waals surface area contributed by atoms with Gasteiger partial charge >= 0.3 is 0 Å². The molecule has 6 heteroatoms. The van der Waals surface area contributed by atoms with Crippen LogP contribution in [0, 0.1) is 0 Å². The Kier molecular flexibility index (Phi) is 5.05. The van der Waals surface area contributed by atoms with Gasteiger partial charge in [-0.15, -0.1) is 0 Å². The van der Waals surface area contributed by atoms with Crippen LogP contribution in [0.4, 0.5) is 4.39 Å². The van der Waals surface area contributed by atoms with E-state index in [1.54, 1.807) is 24.1 Å². The van der Waals surface area contributed by atoms with Crippen molar-refractivity contribution in [2.24, 2.45) is 0 Å². The zero-order valence-corrected chi connectivity index (χ0v) is 13.5. The van der Waals surface area contributed by atoms with E-state index in [1.165, 1.54) is 6.20 Å². The van der Waals surface area contributed by atoms with E-state index in [1.807, 2.05) is 30.3 Å². The summed E-state index contributed by atoms with van der Waals surface area (Å²) >= 11 is 0. The molecule has 2 aromatic rings. The summed E-state index contributed by atoms with van der Waals surface area (Å²) in [5, 5.41) is 3.01. The fourth-order valence-electron chi connectivity index (χ4n) is 2.88. The van der Waals surface area contributed by atoms with Gasteiger partial charge in [-0.1, -0.05) is 18.2 Å². The standard InChI is InChI=1S/C18H20FN3O2/c1-20-11-15-9-14(19)12-22(15)18(23)13-7-8-17(21-10-13)24-16-5-3-2-4-6-16/h2-8,10,14-15,20H,9,11-12H2,1H3/t14-,15-/m0/s1. The molecule has 1 saturated heterocycles. The van der Waals surface area contributed by atoms with Crippen molar-refractivity contribution in [1.29, 1.82) is 0 Å². The van der Waals surface area contributed by atoms with Crippen LogP contribution in [0.15, 0.2) is 48.7 Å². The monoisotopic (exact) mass is 329 g/mol. The lowest BCUT2D eigenvalue weighted by atomic mass is 10.2. The normalized spacial score (nSPS) is 20.2. The maximum atomic E-state index is 13.7. The molecule has 5 nitrogen and oxygen atoms in total. The molecule has 2 atom stereocenters. The van der Waals surface area contributed by atoms with Crippen molar-refractivity contribution in [3.8, 4) is 11.6 Å². The summed E-state index contributed by atoms with van der Waals surface area (Å²) in [6.45, 7) is 0.711. The summed E-state index contributed by atoms with van der Waals surface area (Å²) in [6.07, 6.45) is 0.874. The number of rotatable bonds is 5. The zero-order valence-electron chi connectivity index (χ0n) is 13.5. The lowest BCUT2D eigenvalue weighted by Crippen LogP contribution is -2.41. The van der Waals surface area contributed by atoms with Crippen LogP contribution in [0.25, 0.3) is 0 Å². The average molecular weight is 329 g/mol. The van der Waals surface area contributed by atoms with Crippen LogP contribution < -0.4 is 10.1 Å². The van der Waals surface area contributed by atoms with Crippen molar-refractivity contribution in [3.63, 3.8) is 0 Å². The first-order chi connectivity index (χ1) is 11.7. The van der Waals surface area contributed by atoms with Crippen molar-refractivity contribution < 1.29 is 13.9 Å². The van der Waals surface area contributed by atoms with Crippen molar-refractivity contribution in [2.45, 2.75) is 18.6 Å². The van der Waals surface area contributed by atoms with Gasteiger partial charge in [-0.25, -0.2) is 9.37 Å². The van der Waals surface area contributed by atoms with Crippen molar-refractivity contribution in [3.05, 3.63) is 54.2 Å². The van der Waals surface area contributed by atoms with Gasteiger partial charge in [-0.05, 0) is 25.2 Å². The van der Waals surface area contributed by atoms with E-state index in [0.29, 0.717) is 30.2 Å². The topological polar surface area (TPSA) is 54.5 Å². The number of pyridine rings is 1. The van der Waals surface area contributed by atoms with Gasteiger partial charge in [-0.3, -0.25) is 4.79 Å². The fraction of sp³-hybridized carbons (Fsp3) is 0.333. The first-order valence-corrected chi connectivity index (χ1v) is 7.96. The van der Waals surface area contributed by atoms with Crippen LogP contribution >= 0.6 is 0 Å². The number of aromatic nitrogens is 1. The number of carbonyl (C=O) groups excluding carboxylic acids is 1. The van der Waals surface area contributed by atoms with Crippen molar-refractivity contribution >= 4 is 5.91 Å². The Labute approximate surface area is 140 Å². The summed E-state index contributed by atoms with van der Waals surface area (Å²) in [7, 11) is 1.80. The van der Waals surface area contributed by atoms with Crippen LogP contribution in [-0.4, -0.2) is 48.1 Å². The molecule has 24 heavy (non-hydrogen) atoms. The third-order valence-corrected chi connectivity index (χ3v) is 4.01. The van der Waals surface area contributed by atoms with E-state index in [9.17, 15) is 9.18 Å². The minimum absolute atomic E-state index is 0.127. The Bertz CT molecular complexity index is 678. The van der Waals surface area contributed by atoms with Crippen LogP contribution in [-0.2, 0) is 0 Å². The van der Waals surface area contributed by atoms with Gasteiger partial charge < -0.3 is 15.0 Å². The van der Waals surface area contributed by atoms with Crippen molar-refractivity contribution in [2.75, 3.05) is 20.1 Å². The zero-order chi connectivity index (χ0) is 16.9. The summed E-state index contributed by atoms with van der Waals surface area (Å²) in [6, 6.07) is 12.5. The highest BCUT2D eigenvalue weighted by Crippen LogP contribution is 2.23. The molecule has 1 aliphatic rings. The highest BCUT2D eigenvalue weighted by Gasteiger charge is 2.35. The second kappa shape index (κ2) is 7.40. The molecule has 1 N–H and O–H groups in total. The largest absolute Gasteiger partial charge is 0.439 e. The molecular weight excluding hydrogens is 309 g/mol. The third-order valence-electron chi connectivity index (χ3n) is 4.01. The maximum absolute atomic E-state index is 13.7. The predicted octanol–water partition coefficient (Wildman–Crippen LogP) is 2.65. The van der Waals surface area contributed by atoms with Gasteiger partial charge in [0.25, 0.3) is 5.91 Å². The number of hydrogen-bond acceptors (Lipinski definition) is 4. The molecule has 1 aliphatic heterocycles. The van der Waals surface area contributed by atoms with Crippen LogP contribution in [0.3, 0.4) is 0 Å². The van der Waals surface area contributed by atoms with Crippen LogP contribution in [0.2, 0.25) is 0 Å². The van der Waals surface area contributed by atoms with Crippen molar-refractivity contribution in [1.82, 2.24) is 15.2 Å². The average Bonchev–Trinajstić information content (AvgIpc) is 2.97. The van der Waals surface area contributed by atoms with Gasteiger partial charge in [0.05, 0.1) is 12.1 Å². The minimum atomic E-state index is -0.971. The van der Waals surface area contributed by atoms with Gasteiger partial charge in [-0.2, -0.15) is 0 Å². The highest BCUT2D eigenvalue weighted by molar-refractivity contribution is 5.94. The Balaban J connectivity index is 1.69. The number of likely N-dealkylation sites (tertiary alicyclic amines) is 1. The van der Waals surface area contributed by atoms with E-state index in [0.717, 1.165) is 0 Å². The third kappa shape index (κ3) is 3.71. The first-order valence-electron chi connectivity index (χ1n) is 7.96. The fourth-order valence-corrected chi connectivity index (χ4v) is 2.88. The molecule has 2 heterocycles. The molecule has 0 radical (unpaired) electrons. The SMILES string of the molecule is CNC[C@@H]1C[C@H](F)CN1C(=O)c1ccc(Oc2ccccc2)nc1. The van der Waals surface area contributed by atoms with Gasteiger partial charge in [0.1, 0.15) is 11.9 Å². The van der Waals surface area contributed by atoms with Gasteiger partial charge in [0, 0.05) is 31.3 Å². The molecule has 0 bridgehead atoms. The molecule has 126 valence electrons. The Morgan fingerprint density at radius 2 is 2.12 bits per heavy atom. The molecule has 0 spiro atoms. The Morgan fingerprint density at radius 3 is 2.79 bits per heavy atom. The highest BCUT2D eigenvalue weighted by atomic mass is 19.1. The summed E-state index contributed by atoms with van der Waals surface area (Å²) in [5.74, 6) is 0.890. The molecule has 1 amide bonds. The molecule has 1 aromatic carbocycles. The van der Waals surface area contributed by atoms with E-state index in [-0.39, 0.29) is 18.5 Å². The summed E-state index contributed by atoms with van der Waals surface area (Å²) in [5.41, 5.74) is 0.436. The van der Waals surface area contributed by atoms with E-state index >= 15 is 0 Å². The number of alkyl halides is 1. The van der Waals surface area contributed by atoms with Crippen LogP contribution in [0.5, 0.6) is 11.6 Å². The molecule has 0 unspecified atom stereocenters. The van der Waals surface area contributed by atoms with Gasteiger partial charge in [0.15, 0.2) is 0 Å². The molecule has 0 aliphatic carbocycles. The number of amides is 1. The quantitative estimate of drug-likeness (QED) is 0.916. The number of carbonyl (C=O) groups is 1. The number of hydrogen-bond donors (Lipinski definition) is 1. The van der Waals surface area contributed by atoms with E-state index in [2.05, 4.69) is 10.3 Å². The molecule has 1 fully saturated rings. The number of likely N-dealkylation sites (N-methyl/N-ethyl adjacent to an activating group) is 1. The second-order valence-corrected chi connectivity index (χ2v) is 5.80.